The first-order chi connectivity index (χ1) is 9.47. The normalized spacial score (nSPS) is 11.9. The summed E-state index contributed by atoms with van der Waals surface area (Å²) >= 11 is 0. The third kappa shape index (κ3) is 1.94. The summed E-state index contributed by atoms with van der Waals surface area (Å²) in [5.74, 6) is 0.533. The zero-order valence-corrected chi connectivity index (χ0v) is 9.96. The summed E-state index contributed by atoms with van der Waals surface area (Å²) in [5.41, 5.74) is 5.81. The summed E-state index contributed by atoms with van der Waals surface area (Å²) < 4.78 is 39.1. The monoisotopic (exact) mass is 279 g/mol. The van der Waals surface area contributed by atoms with E-state index in [1.165, 1.54) is 18.3 Å². The van der Waals surface area contributed by atoms with Gasteiger partial charge in [-0.3, -0.25) is 4.40 Å². The Morgan fingerprint density at radius 3 is 2.40 bits per heavy atom. The van der Waals surface area contributed by atoms with E-state index >= 15 is 0 Å². The molecule has 102 valence electrons. The lowest BCUT2D eigenvalue weighted by atomic mass is 10.1. The van der Waals surface area contributed by atoms with Crippen LogP contribution in [0.1, 0.15) is 5.56 Å². The number of rotatable bonds is 1. The lowest BCUT2D eigenvalue weighted by molar-refractivity contribution is -0.137. The fourth-order valence-corrected chi connectivity index (χ4v) is 1.86. The average Bonchev–Trinajstić information content (AvgIpc) is 2.88. The third-order valence-corrected chi connectivity index (χ3v) is 2.82. The highest BCUT2D eigenvalue weighted by atomic mass is 19.4. The molecule has 0 saturated carbocycles. The van der Waals surface area contributed by atoms with Gasteiger partial charge in [-0.2, -0.15) is 13.2 Å². The van der Waals surface area contributed by atoms with E-state index in [4.69, 9.17) is 5.73 Å². The number of nitrogen functional groups attached to an aromatic ring is 1. The van der Waals surface area contributed by atoms with E-state index in [1.54, 1.807) is 10.6 Å². The number of fused-ring (bicyclic) bond motifs is 1. The summed E-state index contributed by atoms with van der Waals surface area (Å²) in [7, 11) is 0. The van der Waals surface area contributed by atoms with E-state index in [2.05, 4.69) is 15.2 Å². The van der Waals surface area contributed by atoms with Crippen molar-refractivity contribution in [2.24, 2.45) is 0 Å². The first kappa shape index (κ1) is 12.4. The fourth-order valence-electron chi connectivity index (χ4n) is 1.86. The number of hydrogen-bond acceptors (Lipinski definition) is 4. The van der Waals surface area contributed by atoms with Crippen LogP contribution < -0.4 is 5.73 Å². The van der Waals surface area contributed by atoms with Gasteiger partial charge in [0.05, 0.1) is 5.56 Å². The molecule has 3 rings (SSSR count). The molecule has 0 fully saturated rings. The number of anilines is 1. The number of imidazole rings is 1. The van der Waals surface area contributed by atoms with Crippen LogP contribution in [0, 0.1) is 0 Å². The van der Waals surface area contributed by atoms with Crippen molar-refractivity contribution < 1.29 is 13.2 Å². The molecule has 0 radical (unpaired) electrons. The summed E-state index contributed by atoms with van der Waals surface area (Å²) in [6, 6.07) is 4.66. The maximum atomic E-state index is 12.5. The molecule has 0 atom stereocenters. The smallest absolute Gasteiger partial charge is 0.379 e. The Kier molecular flexibility index (Phi) is 2.60. The Balaban J connectivity index is 2.12. The molecule has 0 unspecified atom stereocenters. The second-order valence-corrected chi connectivity index (χ2v) is 4.10. The fraction of sp³-hybridized carbons (Fsp3) is 0.0833. The molecule has 2 N–H and O–H groups in total. The highest BCUT2D eigenvalue weighted by Crippen LogP contribution is 2.30. The van der Waals surface area contributed by atoms with Crippen molar-refractivity contribution in [3.8, 4) is 11.4 Å². The van der Waals surface area contributed by atoms with Crippen LogP contribution >= 0.6 is 0 Å². The lowest BCUT2D eigenvalue weighted by Gasteiger charge is -2.08. The van der Waals surface area contributed by atoms with Crippen molar-refractivity contribution >= 4 is 11.5 Å². The third-order valence-electron chi connectivity index (χ3n) is 2.82. The van der Waals surface area contributed by atoms with Gasteiger partial charge in [0.2, 0.25) is 0 Å². The van der Waals surface area contributed by atoms with Crippen LogP contribution in [-0.2, 0) is 6.18 Å². The molecule has 2 heterocycles. The predicted octanol–water partition coefficient (Wildman–Crippen LogP) is 2.39. The number of hydrogen-bond donors (Lipinski definition) is 1. The van der Waals surface area contributed by atoms with Crippen LogP contribution in [0.4, 0.5) is 19.0 Å². The summed E-state index contributed by atoms with van der Waals surface area (Å²) in [5, 5.41) is 7.66. The van der Waals surface area contributed by atoms with Gasteiger partial charge in [0.15, 0.2) is 17.3 Å². The van der Waals surface area contributed by atoms with Crippen molar-refractivity contribution in [1.82, 2.24) is 19.6 Å². The molecule has 0 aliphatic rings. The predicted molar refractivity (Wildman–Crippen MR) is 65.6 cm³/mol. The largest absolute Gasteiger partial charge is 0.416 e. The molecule has 0 aliphatic carbocycles. The highest BCUT2D eigenvalue weighted by Gasteiger charge is 2.30. The van der Waals surface area contributed by atoms with E-state index in [0.717, 1.165) is 12.1 Å². The average molecular weight is 279 g/mol. The lowest BCUT2D eigenvalue weighted by Crippen LogP contribution is -2.05. The minimum absolute atomic E-state index is 0.158. The van der Waals surface area contributed by atoms with Gasteiger partial charge in [-0.25, -0.2) is 4.98 Å². The van der Waals surface area contributed by atoms with Gasteiger partial charge in [0.25, 0.3) is 0 Å². The van der Waals surface area contributed by atoms with E-state index in [0.29, 0.717) is 17.0 Å². The van der Waals surface area contributed by atoms with Crippen molar-refractivity contribution in [2.75, 3.05) is 5.73 Å². The van der Waals surface area contributed by atoms with Crippen molar-refractivity contribution in [1.29, 1.82) is 0 Å². The molecule has 0 bridgehead atoms. The van der Waals surface area contributed by atoms with E-state index in [1.807, 2.05) is 0 Å². The molecule has 8 heteroatoms. The first-order valence-electron chi connectivity index (χ1n) is 5.59. The maximum Gasteiger partial charge on any atom is 0.416 e. The molecular formula is C12H8F3N5. The number of benzene rings is 1. The molecule has 1 aromatic carbocycles. The van der Waals surface area contributed by atoms with Gasteiger partial charge in [0.1, 0.15) is 0 Å². The van der Waals surface area contributed by atoms with Crippen LogP contribution in [0.3, 0.4) is 0 Å². The first-order valence-corrected chi connectivity index (χ1v) is 5.59. The number of aromatic nitrogens is 4. The molecule has 3 aromatic rings. The van der Waals surface area contributed by atoms with Gasteiger partial charge in [-0.05, 0) is 12.1 Å². The molecule has 0 saturated heterocycles. The van der Waals surface area contributed by atoms with Crippen LogP contribution in [0.5, 0.6) is 0 Å². The summed E-state index contributed by atoms with van der Waals surface area (Å²) in [6.45, 7) is 0. The molecule has 0 spiro atoms. The SMILES string of the molecule is Nc1nnc(-c2ccc(C(F)(F)F)cc2)n2ccnc12. The van der Waals surface area contributed by atoms with Gasteiger partial charge in [-0.1, -0.05) is 12.1 Å². The van der Waals surface area contributed by atoms with Crippen molar-refractivity contribution in [2.45, 2.75) is 6.18 Å². The number of alkyl halides is 3. The number of nitrogens with two attached hydrogens (primary N) is 1. The van der Waals surface area contributed by atoms with Gasteiger partial charge >= 0.3 is 6.18 Å². The van der Waals surface area contributed by atoms with Crippen LogP contribution in [0.15, 0.2) is 36.7 Å². The Morgan fingerprint density at radius 1 is 1.05 bits per heavy atom. The zero-order chi connectivity index (χ0) is 14.3. The maximum absolute atomic E-state index is 12.5. The molecule has 2 aromatic heterocycles. The molecule has 20 heavy (non-hydrogen) atoms. The summed E-state index contributed by atoms with van der Waals surface area (Å²) in [4.78, 5) is 4.02. The highest BCUT2D eigenvalue weighted by molar-refractivity contribution is 5.65. The van der Waals surface area contributed by atoms with Crippen LogP contribution in [0.2, 0.25) is 0 Å². The quantitative estimate of drug-likeness (QED) is 0.742. The van der Waals surface area contributed by atoms with Gasteiger partial charge in [-0.15, -0.1) is 10.2 Å². The van der Waals surface area contributed by atoms with Gasteiger partial charge < -0.3 is 5.73 Å². The van der Waals surface area contributed by atoms with E-state index in [-0.39, 0.29) is 5.82 Å². The summed E-state index contributed by atoms with van der Waals surface area (Å²) in [6.07, 6.45) is -1.23. The van der Waals surface area contributed by atoms with E-state index in [9.17, 15) is 13.2 Å². The Bertz CT molecular complexity index is 761. The molecule has 5 nitrogen and oxygen atoms in total. The van der Waals surface area contributed by atoms with Crippen molar-refractivity contribution in [3.63, 3.8) is 0 Å². The minimum atomic E-state index is -4.37. The Labute approximate surface area is 110 Å². The van der Waals surface area contributed by atoms with E-state index < -0.39 is 11.7 Å². The molecular weight excluding hydrogens is 271 g/mol. The Morgan fingerprint density at radius 2 is 1.75 bits per heavy atom. The standard InChI is InChI=1S/C12H8F3N5/c13-12(14,15)8-3-1-7(2-4-8)10-19-18-9(16)11-17-5-6-20(10)11/h1-6H,(H2,16,18). The number of nitrogens with zero attached hydrogens (tertiary/aromatic N) is 4. The minimum Gasteiger partial charge on any atom is -0.379 e. The number of halogens is 3. The zero-order valence-electron chi connectivity index (χ0n) is 9.96. The van der Waals surface area contributed by atoms with Crippen molar-refractivity contribution in [3.05, 3.63) is 42.2 Å². The second-order valence-electron chi connectivity index (χ2n) is 4.10. The van der Waals surface area contributed by atoms with Crippen LogP contribution in [0.25, 0.3) is 17.0 Å². The van der Waals surface area contributed by atoms with Crippen LogP contribution in [-0.4, -0.2) is 19.6 Å². The van der Waals surface area contributed by atoms with Gasteiger partial charge in [0, 0.05) is 18.0 Å². The topological polar surface area (TPSA) is 69.1 Å². The second kappa shape index (κ2) is 4.19. The molecule has 0 amide bonds. The Hall–Kier alpha value is -2.64. The molecule has 0 aliphatic heterocycles.